The molecule has 2 atom stereocenters. The van der Waals surface area contributed by atoms with Crippen molar-refractivity contribution < 1.29 is 14.2 Å². The number of halogens is 1. The van der Waals surface area contributed by atoms with E-state index >= 15 is 0 Å². The van der Waals surface area contributed by atoms with Gasteiger partial charge in [-0.2, -0.15) is 0 Å². The third kappa shape index (κ3) is 5.87. The van der Waals surface area contributed by atoms with E-state index in [2.05, 4.69) is 52.9 Å². The van der Waals surface area contributed by atoms with Crippen LogP contribution in [-0.4, -0.2) is 55.9 Å². The van der Waals surface area contributed by atoms with Gasteiger partial charge in [-0.3, -0.25) is 4.90 Å². The van der Waals surface area contributed by atoms with Crippen LogP contribution in [0.15, 0.2) is 54.7 Å². The minimum absolute atomic E-state index is 0.454. The molecule has 0 aliphatic carbocycles. The van der Waals surface area contributed by atoms with Crippen molar-refractivity contribution in [3.05, 3.63) is 76.4 Å². The molecule has 0 N–H and O–H groups in total. The van der Waals surface area contributed by atoms with Gasteiger partial charge in [0.15, 0.2) is 0 Å². The first-order valence-corrected chi connectivity index (χ1v) is 14.0. The van der Waals surface area contributed by atoms with E-state index in [1.54, 1.807) is 13.3 Å². The Morgan fingerprint density at radius 3 is 2.63 bits per heavy atom. The molecule has 0 spiro atoms. The summed E-state index contributed by atoms with van der Waals surface area (Å²) in [5, 5.41) is 0.656. The first-order valence-electron chi connectivity index (χ1n) is 13.7. The summed E-state index contributed by atoms with van der Waals surface area (Å²) in [5.74, 6) is 2.36. The van der Waals surface area contributed by atoms with E-state index in [9.17, 15) is 0 Å². The maximum atomic E-state index is 6.27. The molecule has 3 heterocycles. The average molecular weight is 536 g/mol. The minimum Gasteiger partial charge on any atom is -0.495 e. The van der Waals surface area contributed by atoms with Crippen molar-refractivity contribution in [2.24, 2.45) is 0 Å². The average Bonchev–Trinajstić information content (AvgIpc) is 2.95. The maximum Gasteiger partial charge on any atom is 0.213 e. The van der Waals surface area contributed by atoms with E-state index < -0.39 is 0 Å². The van der Waals surface area contributed by atoms with Crippen LogP contribution in [0.2, 0.25) is 5.02 Å². The van der Waals surface area contributed by atoms with Crippen LogP contribution in [0, 0.1) is 13.8 Å². The van der Waals surface area contributed by atoms with Gasteiger partial charge >= 0.3 is 0 Å². The van der Waals surface area contributed by atoms with Gasteiger partial charge in [-0.15, -0.1) is 0 Å². The van der Waals surface area contributed by atoms with E-state index in [0.717, 1.165) is 37.6 Å². The number of nitrogens with zero attached hydrogens (tertiary/aromatic N) is 3. The lowest BCUT2D eigenvalue weighted by atomic mass is 9.86. The number of hydrogen-bond acceptors (Lipinski definition) is 6. The summed E-state index contributed by atoms with van der Waals surface area (Å²) >= 11 is 6.27. The quantitative estimate of drug-likeness (QED) is 0.287. The molecule has 202 valence electrons. The Bertz CT molecular complexity index is 1220. The van der Waals surface area contributed by atoms with Crippen molar-refractivity contribution in [2.75, 3.05) is 44.9 Å². The Morgan fingerprint density at radius 2 is 1.82 bits per heavy atom. The second kappa shape index (κ2) is 12.3. The lowest BCUT2D eigenvalue weighted by Gasteiger charge is -2.49. The Kier molecular flexibility index (Phi) is 8.60. The third-order valence-electron chi connectivity index (χ3n) is 8.02. The van der Waals surface area contributed by atoms with Gasteiger partial charge in [0, 0.05) is 62.2 Å². The summed E-state index contributed by atoms with van der Waals surface area (Å²) in [6.45, 7) is 8.72. The molecular formula is C31H38ClN3O3. The number of methoxy groups -OCH3 is 1. The zero-order valence-electron chi connectivity index (χ0n) is 22.7. The highest BCUT2D eigenvalue weighted by molar-refractivity contribution is 6.32. The number of anilines is 1. The summed E-state index contributed by atoms with van der Waals surface area (Å²) < 4.78 is 17.3. The molecule has 0 amide bonds. The van der Waals surface area contributed by atoms with Crippen molar-refractivity contribution >= 4 is 17.3 Å². The van der Waals surface area contributed by atoms with Crippen LogP contribution < -0.4 is 19.1 Å². The first-order chi connectivity index (χ1) is 18.5. The largest absolute Gasteiger partial charge is 0.495 e. The number of ether oxygens (including phenoxy) is 3. The summed E-state index contributed by atoms with van der Waals surface area (Å²) in [5.41, 5.74) is 5.22. The molecule has 3 aromatic rings. The number of rotatable bonds is 9. The molecule has 0 unspecified atom stereocenters. The van der Waals surface area contributed by atoms with Crippen molar-refractivity contribution in [1.29, 1.82) is 0 Å². The minimum atomic E-state index is 0.454. The Hall–Kier alpha value is -2.96. The van der Waals surface area contributed by atoms with Crippen LogP contribution in [0.3, 0.4) is 0 Å². The van der Waals surface area contributed by atoms with Gasteiger partial charge in [0.25, 0.3) is 0 Å². The molecule has 6 nitrogen and oxygen atoms in total. The van der Waals surface area contributed by atoms with E-state index in [4.69, 9.17) is 25.8 Å². The van der Waals surface area contributed by atoms with Crippen LogP contribution in [0.25, 0.3) is 0 Å². The van der Waals surface area contributed by atoms with Crippen molar-refractivity contribution in [3.8, 4) is 17.4 Å². The molecule has 2 aliphatic rings. The number of aromatic nitrogens is 1. The maximum absolute atomic E-state index is 6.27. The number of hydrogen-bond donors (Lipinski definition) is 0. The van der Waals surface area contributed by atoms with E-state index in [1.807, 2.05) is 24.3 Å². The van der Waals surface area contributed by atoms with Crippen LogP contribution >= 0.6 is 11.6 Å². The molecule has 0 bridgehead atoms. The number of piperidine rings is 1. The molecule has 7 heteroatoms. The van der Waals surface area contributed by atoms with Crippen molar-refractivity contribution in [2.45, 2.75) is 51.6 Å². The fourth-order valence-electron chi connectivity index (χ4n) is 5.85. The fraction of sp³-hybridized carbons (Fsp3) is 0.452. The third-order valence-corrected chi connectivity index (χ3v) is 8.33. The van der Waals surface area contributed by atoms with E-state index in [1.165, 1.54) is 41.6 Å². The lowest BCUT2D eigenvalue weighted by molar-refractivity contribution is 0.0712. The zero-order chi connectivity index (χ0) is 26.5. The lowest BCUT2D eigenvalue weighted by Crippen LogP contribution is -2.56. The molecule has 2 fully saturated rings. The number of benzene rings is 2. The number of fused-ring (bicyclic) bond motifs is 1. The topological polar surface area (TPSA) is 47.1 Å². The van der Waals surface area contributed by atoms with Crippen LogP contribution in [0.5, 0.6) is 17.4 Å². The van der Waals surface area contributed by atoms with Gasteiger partial charge in [-0.25, -0.2) is 4.98 Å². The highest BCUT2D eigenvalue weighted by Crippen LogP contribution is 2.40. The van der Waals surface area contributed by atoms with Crippen LogP contribution in [-0.2, 0) is 0 Å². The van der Waals surface area contributed by atoms with Crippen molar-refractivity contribution in [3.63, 3.8) is 0 Å². The Morgan fingerprint density at radius 1 is 0.947 bits per heavy atom. The zero-order valence-corrected chi connectivity index (χ0v) is 23.4. The molecular weight excluding hydrogens is 498 g/mol. The van der Waals surface area contributed by atoms with Gasteiger partial charge in [-0.05, 0) is 74.1 Å². The smallest absolute Gasteiger partial charge is 0.213 e. The monoisotopic (exact) mass is 535 g/mol. The summed E-state index contributed by atoms with van der Waals surface area (Å²) in [4.78, 5) is 9.41. The highest BCUT2D eigenvalue weighted by atomic mass is 35.5. The molecule has 0 radical (unpaired) electrons. The second-order valence-electron chi connectivity index (χ2n) is 10.2. The van der Waals surface area contributed by atoms with E-state index in [-0.39, 0.29) is 0 Å². The SMILES string of the molecule is COc1cc(N2CCN3[C@@H](CCC[C@@H]3c3ccc(OCCCOc4ccccn4)c(C)c3C)C2)ccc1Cl. The molecule has 2 aliphatic heterocycles. The summed E-state index contributed by atoms with van der Waals surface area (Å²) in [6.07, 6.45) is 6.24. The number of piperazine rings is 1. The standard InChI is InChI=1S/C31H38ClN3O3/c1-22-23(2)29(37-18-7-19-38-31-10-4-5-15-33-31)14-12-26(22)28-9-6-8-25-21-34(16-17-35(25)28)24-11-13-27(32)30(20-24)36-3/h4-5,10-15,20,25,28H,6-9,16-19,21H2,1-3H3/t25-,28+/m0/s1. The van der Waals surface area contributed by atoms with Gasteiger partial charge in [0.1, 0.15) is 11.5 Å². The van der Waals surface area contributed by atoms with Gasteiger partial charge in [0.05, 0.1) is 25.3 Å². The van der Waals surface area contributed by atoms with Gasteiger partial charge in [0.2, 0.25) is 5.88 Å². The molecule has 38 heavy (non-hydrogen) atoms. The van der Waals surface area contributed by atoms with Gasteiger partial charge in [-0.1, -0.05) is 23.7 Å². The van der Waals surface area contributed by atoms with Crippen LogP contribution in [0.4, 0.5) is 5.69 Å². The predicted molar refractivity (Wildman–Crippen MR) is 153 cm³/mol. The van der Waals surface area contributed by atoms with Crippen molar-refractivity contribution in [1.82, 2.24) is 9.88 Å². The Balaban J connectivity index is 1.20. The summed E-state index contributed by atoms with van der Waals surface area (Å²) in [7, 11) is 1.67. The molecule has 2 aromatic carbocycles. The Labute approximate surface area is 231 Å². The molecule has 5 rings (SSSR count). The number of pyridine rings is 1. The normalized spacial score (nSPS) is 19.6. The van der Waals surface area contributed by atoms with Crippen LogP contribution in [0.1, 0.15) is 48.4 Å². The molecule has 0 saturated carbocycles. The second-order valence-corrected chi connectivity index (χ2v) is 10.6. The fourth-order valence-corrected chi connectivity index (χ4v) is 6.04. The molecule has 2 saturated heterocycles. The highest BCUT2D eigenvalue weighted by Gasteiger charge is 2.36. The first kappa shape index (κ1) is 26.6. The van der Waals surface area contributed by atoms with E-state index in [0.29, 0.717) is 36.2 Å². The molecule has 1 aromatic heterocycles. The predicted octanol–water partition coefficient (Wildman–Crippen LogP) is 6.62. The summed E-state index contributed by atoms with van der Waals surface area (Å²) in [6, 6.07) is 17.3. The van der Waals surface area contributed by atoms with Gasteiger partial charge < -0.3 is 19.1 Å².